The van der Waals surface area contributed by atoms with E-state index >= 15 is 0 Å². The van der Waals surface area contributed by atoms with Gasteiger partial charge in [0.15, 0.2) is 0 Å². The first-order chi connectivity index (χ1) is 16.8. The monoisotopic (exact) mass is 445 g/mol. The smallest absolute Gasteiger partial charge is 0.116 e. The Morgan fingerprint density at radius 3 is 2.53 bits per heavy atom. The maximum Gasteiger partial charge on any atom is 0.116 e. The Morgan fingerprint density at radius 2 is 1.65 bits per heavy atom. The summed E-state index contributed by atoms with van der Waals surface area (Å²) in [4.78, 5) is 16.7. The summed E-state index contributed by atoms with van der Waals surface area (Å²) in [7, 11) is 0. The van der Waals surface area contributed by atoms with Crippen molar-refractivity contribution in [2.24, 2.45) is 0 Å². The van der Waals surface area contributed by atoms with Gasteiger partial charge in [-0.15, -0.1) is 0 Å². The van der Waals surface area contributed by atoms with Gasteiger partial charge in [-0.2, -0.15) is 5.10 Å². The van der Waals surface area contributed by atoms with Crippen LogP contribution in [0, 0.1) is 0 Å². The number of pyridine rings is 3. The van der Waals surface area contributed by atoms with E-state index in [1.165, 1.54) is 5.56 Å². The van der Waals surface area contributed by atoms with Gasteiger partial charge in [-0.1, -0.05) is 13.0 Å². The lowest BCUT2D eigenvalue weighted by Crippen LogP contribution is -2.11. The molecule has 0 amide bonds. The molecular formula is C27H23N7. The first kappa shape index (κ1) is 20.3. The van der Waals surface area contributed by atoms with E-state index in [1.807, 2.05) is 36.8 Å². The molecule has 166 valence electrons. The van der Waals surface area contributed by atoms with E-state index in [1.54, 1.807) is 12.4 Å². The van der Waals surface area contributed by atoms with Gasteiger partial charge in [0.2, 0.25) is 0 Å². The first-order valence-electron chi connectivity index (χ1n) is 11.3. The van der Waals surface area contributed by atoms with Crippen LogP contribution in [0.15, 0.2) is 79.5 Å². The summed E-state index contributed by atoms with van der Waals surface area (Å²) in [5.41, 5.74) is 9.15. The number of benzene rings is 1. The van der Waals surface area contributed by atoms with Crippen LogP contribution in [0.3, 0.4) is 0 Å². The molecule has 0 saturated carbocycles. The second-order valence-electron chi connectivity index (χ2n) is 8.23. The molecule has 0 aliphatic carbocycles. The van der Waals surface area contributed by atoms with Crippen LogP contribution in [0.1, 0.15) is 12.5 Å². The van der Waals surface area contributed by atoms with E-state index in [2.05, 4.69) is 72.7 Å². The Balaban J connectivity index is 1.44. The number of hydrogen-bond acceptors (Lipinski definition) is 5. The molecule has 1 aromatic carbocycles. The minimum absolute atomic E-state index is 0.805. The molecule has 5 heterocycles. The molecule has 7 heteroatoms. The molecule has 0 aliphatic rings. The Kier molecular flexibility index (Phi) is 5.08. The number of rotatable bonds is 6. The fraction of sp³-hybridized carbons (Fsp3) is 0.111. The maximum atomic E-state index is 4.64. The first-order valence-corrected chi connectivity index (χ1v) is 11.3. The van der Waals surface area contributed by atoms with Crippen molar-refractivity contribution >= 4 is 21.8 Å². The number of aromatic amines is 2. The zero-order chi connectivity index (χ0) is 22.9. The lowest BCUT2D eigenvalue weighted by Gasteiger charge is -2.06. The predicted octanol–water partition coefficient (Wildman–Crippen LogP) is 5.34. The van der Waals surface area contributed by atoms with Crippen molar-refractivity contribution < 1.29 is 0 Å². The Bertz CT molecular complexity index is 1600. The molecule has 0 unspecified atom stereocenters. The van der Waals surface area contributed by atoms with Gasteiger partial charge in [0.1, 0.15) is 5.69 Å². The van der Waals surface area contributed by atoms with Gasteiger partial charge in [-0.05, 0) is 60.1 Å². The molecule has 0 aliphatic heterocycles. The minimum atomic E-state index is 0.805. The van der Waals surface area contributed by atoms with Crippen LogP contribution in [0.4, 0.5) is 0 Å². The number of nitrogens with zero attached hydrogens (tertiary/aromatic N) is 4. The SMILES string of the molecule is CCNCc1cncc(-c2ccc3[nH]nc(-c4cc5c(-c6ccncc6)nccc5[nH]4)c3c2)c1. The second-order valence-corrected chi connectivity index (χ2v) is 8.23. The quantitative estimate of drug-likeness (QED) is 0.322. The van der Waals surface area contributed by atoms with E-state index in [4.69, 9.17) is 0 Å². The molecule has 7 nitrogen and oxygen atoms in total. The van der Waals surface area contributed by atoms with Crippen LogP contribution >= 0.6 is 0 Å². The maximum absolute atomic E-state index is 4.64. The van der Waals surface area contributed by atoms with Gasteiger partial charge in [-0.3, -0.25) is 20.1 Å². The summed E-state index contributed by atoms with van der Waals surface area (Å²) in [6.45, 7) is 3.84. The van der Waals surface area contributed by atoms with E-state index in [-0.39, 0.29) is 0 Å². The Hall–Kier alpha value is -4.36. The highest BCUT2D eigenvalue weighted by Gasteiger charge is 2.15. The molecule has 0 radical (unpaired) electrons. The highest BCUT2D eigenvalue weighted by molar-refractivity contribution is 6.00. The van der Waals surface area contributed by atoms with Gasteiger partial charge in [0.05, 0.1) is 16.9 Å². The van der Waals surface area contributed by atoms with Crippen LogP contribution in [-0.4, -0.2) is 36.7 Å². The van der Waals surface area contributed by atoms with Crippen molar-refractivity contribution in [1.29, 1.82) is 0 Å². The molecule has 6 rings (SSSR count). The lowest BCUT2D eigenvalue weighted by atomic mass is 10.0. The van der Waals surface area contributed by atoms with Crippen molar-refractivity contribution in [2.75, 3.05) is 6.54 Å². The summed E-state index contributed by atoms with van der Waals surface area (Å²) in [5, 5.41) is 13.3. The minimum Gasteiger partial charge on any atom is -0.353 e. The third-order valence-electron chi connectivity index (χ3n) is 6.03. The number of hydrogen-bond donors (Lipinski definition) is 3. The highest BCUT2D eigenvalue weighted by atomic mass is 15.1. The molecule has 0 bridgehead atoms. The van der Waals surface area contributed by atoms with E-state index in [0.29, 0.717) is 0 Å². The van der Waals surface area contributed by atoms with Gasteiger partial charge >= 0.3 is 0 Å². The van der Waals surface area contributed by atoms with E-state index < -0.39 is 0 Å². The van der Waals surface area contributed by atoms with Gasteiger partial charge in [0.25, 0.3) is 0 Å². The molecule has 0 saturated heterocycles. The highest BCUT2D eigenvalue weighted by Crippen LogP contribution is 2.34. The van der Waals surface area contributed by atoms with Crippen molar-refractivity contribution in [3.8, 4) is 33.8 Å². The molecule has 0 spiro atoms. The molecule has 5 aromatic heterocycles. The summed E-state index contributed by atoms with van der Waals surface area (Å²) >= 11 is 0. The molecular weight excluding hydrogens is 422 g/mol. The van der Waals surface area contributed by atoms with Crippen LogP contribution in [0.5, 0.6) is 0 Å². The van der Waals surface area contributed by atoms with Crippen LogP contribution in [-0.2, 0) is 6.54 Å². The molecule has 0 fully saturated rings. The predicted molar refractivity (Wildman–Crippen MR) is 135 cm³/mol. The molecule has 3 N–H and O–H groups in total. The number of aromatic nitrogens is 6. The van der Waals surface area contributed by atoms with Crippen molar-refractivity contribution in [2.45, 2.75) is 13.5 Å². The third-order valence-corrected chi connectivity index (χ3v) is 6.03. The van der Waals surface area contributed by atoms with Crippen LogP contribution < -0.4 is 5.32 Å². The number of nitrogens with one attached hydrogen (secondary N) is 3. The topological polar surface area (TPSA) is 95.2 Å². The summed E-state index contributed by atoms with van der Waals surface area (Å²) in [6, 6.07) is 16.6. The van der Waals surface area contributed by atoms with E-state index in [0.717, 1.165) is 68.7 Å². The number of fused-ring (bicyclic) bond motifs is 2. The van der Waals surface area contributed by atoms with Crippen molar-refractivity contribution in [3.05, 3.63) is 85.1 Å². The van der Waals surface area contributed by atoms with Crippen LogP contribution in [0.2, 0.25) is 0 Å². The Labute approximate surface area is 196 Å². The van der Waals surface area contributed by atoms with Gasteiger partial charge in [-0.25, -0.2) is 0 Å². The fourth-order valence-electron chi connectivity index (χ4n) is 4.33. The molecule has 0 atom stereocenters. The summed E-state index contributed by atoms with van der Waals surface area (Å²) in [5.74, 6) is 0. The van der Waals surface area contributed by atoms with Crippen molar-refractivity contribution in [1.82, 2.24) is 35.5 Å². The largest absolute Gasteiger partial charge is 0.353 e. The fourth-order valence-corrected chi connectivity index (χ4v) is 4.33. The number of H-pyrrole nitrogens is 2. The van der Waals surface area contributed by atoms with Gasteiger partial charge < -0.3 is 10.3 Å². The standard InChI is InChI=1S/C27H23N7/c1-2-28-14-17-11-20(16-30-15-17)19-3-4-24-21(12-19)27(34-33-24)25-13-22-23(32-25)7-10-31-26(22)18-5-8-29-9-6-18/h3-13,15-16,28,32H,2,14H2,1H3,(H,33,34). The zero-order valence-corrected chi connectivity index (χ0v) is 18.7. The van der Waals surface area contributed by atoms with E-state index in [9.17, 15) is 0 Å². The molecule has 34 heavy (non-hydrogen) atoms. The normalized spacial score (nSPS) is 11.4. The second kappa shape index (κ2) is 8.53. The average molecular weight is 446 g/mol. The lowest BCUT2D eigenvalue weighted by molar-refractivity contribution is 0.724. The summed E-state index contributed by atoms with van der Waals surface area (Å²) in [6.07, 6.45) is 9.22. The van der Waals surface area contributed by atoms with Crippen LogP contribution in [0.25, 0.3) is 55.6 Å². The van der Waals surface area contributed by atoms with Crippen molar-refractivity contribution in [3.63, 3.8) is 0 Å². The average Bonchev–Trinajstić information content (AvgIpc) is 3.51. The Morgan fingerprint density at radius 1 is 0.765 bits per heavy atom. The van der Waals surface area contributed by atoms with Gasteiger partial charge in [0, 0.05) is 64.9 Å². The third kappa shape index (κ3) is 3.62. The summed E-state index contributed by atoms with van der Waals surface area (Å²) < 4.78 is 0. The molecule has 6 aromatic rings. The zero-order valence-electron chi connectivity index (χ0n) is 18.7.